The highest BCUT2D eigenvalue weighted by atomic mass is 32.2. The number of methoxy groups -OCH3 is 1. The van der Waals surface area contributed by atoms with Gasteiger partial charge in [-0.1, -0.05) is 30.3 Å². The van der Waals surface area contributed by atoms with E-state index in [1.807, 2.05) is 54.6 Å². The summed E-state index contributed by atoms with van der Waals surface area (Å²) >= 11 is 0. The Kier molecular flexibility index (Phi) is 5.74. The molecule has 0 saturated heterocycles. The fourth-order valence-electron chi connectivity index (χ4n) is 2.29. The van der Waals surface area contributed by atoms with E-state index in [0.29, 0.717) is 23.1 Å². The highest BCUT2D eigenvalue weighted by Gasteiger charge is 2.07. The van der Waals surface area contributed by atoms with Crippen LogP contribution >= 0.6 is 0 Å². The van der Waals surface area contributed by atoms with Crippen molar-refractivity contribution >= 4 is 10.8 Å². The number of hydrogen-bond acceptors (Lipinski definition) is 5. The van der Waals surface area contributed by atoms with E-state index in [-0.39, 0.29) is 0 Å². The predicted octanol–water partition coefficient (Wildman–Crippen LogP) is 3.73. The number of benzene rings is 2. The zero-order valence-electron chi connectivity index (χ0n) is 13.8. The molecule has 3 aromatic rings. The average Bonchev–Trinajstić information content (AvgIpc) is 2.63. The van der Waals surface area contributed by atoms with E-state index in [4.69, 9.17) is 9.47 Å². The molecule has 2 aromatic carbocycles. The van der Waals surface area contributed by atoms with Gasteiger partial charge in [0.25, 0.3) is 0 Å². The van der Waals surface area contributed by atoms with Gasteiger partial charge in [0.1, 0.15) is 17.8 Å². The molecule has 1 heterocycles. The van der Waals surface area contributed by atoms with E-state index < -0.39 is 10.8 Å². The van der Waals surface area contributed by atoms with Crippen molar-refractivity contribution < 1.29 is 13.7 Å². The zero-order chi connectivity index (χ0) is 17.5. The fourth-order valence-corrected chi connectivity index (χ4v) is 3.43. The molecule has 1 aromatic heterocycles. The van der Waals surface area contributed by atoms with Crippen LogP contribution in [-0.4, -0.2) is 21.3 Å². The van der Waals surface area contributed by atoms with Gasteiger partial charge in [-0.25, -0.2) is 9.97 Å². The average molecular weight is 354 g/mol. The summed E-state index contributed by atoms with van der Waals surface area (Å²) in [7, 11) is 0.455. The highest BCUT2D eigenvalue weighted by molar-refractivity contribution is 7.83. The molecule has 0 fully saturated rings. The first kappa shape index (κ1) is 17.1. The lowest BCUT2D eigenvalue weighted by Gasteiger charge is -2.08. The summed E-state index contributed by atoms with van der Waals surface area (Å²) in [6.07, 6.45) is 1.42. The normalized spacial score (nSPS) is 11.7. The van der Waals surface area contributed by atoms with Crippen LogP contribution in [0.4, 0.5) is 0 Å². The van der Waals surface area contributed by atoms with Crippen molar-refractivity contribution in [2.24, 2.45) is 0 Å². The Hall–Kier alpha value is -2.73. The van der Waals surface area contributed by atoms with E-state index in [9.17, 15) is 4.21 Å². The first-order valence-electron chi connectivity index (χ1n) is 7.74. The minimum atomic E-state index is -1.09. The molecule has 128 valence electrons. The number of ether oxygens (including phenoxy) is 2. The first-order valence-corrected chi connectivity index (χ1v) is 9.23. The highest BCUT2D eigenvalue weighted by Crippen LogP contribution is 2.22. The lowest BCUT2D eigenvalue weighted by atomic mass is 10.2. The topological polar surface area (TPSA) is 61.3 Å². The first-order chi connectivity index (χ1) is 12.2. The van der Waals surface area contributed by atoms with Crippen molar-refractivity contribution in [2.75, 3.05) is 7.11 Å². The van der Waals surface area contributed by atoms with Crippen LogP contribution in [0.2, 0.25) is 0 Å². The molecule has 25 heavy (non-hydrogen) atoms. The number of aromatic nitrogens is 2. The molecule has 5 nitrogen and oxygen atoms in total. The summed E-state index contributed by atoms with van der Waals surface area (Å²) in [6.45, 7) is 0. The maximum atomic E-state index is 12.4. The van der Waals surface area contributed by atoms with E-state index >= 15 is 0 Å². The van der Waals surface area contributed by atoms with Gasteiger partial charge in [-0.15, -0.1) is 0 Å². The molecular formula is C19H18N2O3S. The maximum absolute atomic E-state index is 12.4. The summed E-state index contributed by atoms with van der Waals surface area (Å²) in [6, 6.07) is 18.9. The molecule has 6 heteroatoms. The molecule has 0 radical (unpaired) electrons. The maximum Gasteiger partial charge on any atom is 0.216 e. The van der Waals surface area contributed by atoms with E-state index in [1.54, 1.807) is 13.2 Å². The Balaban J connectivity index is 1.64. The van der Waals surface area contributed by atoms with Crippen molar-refractivity contribution in [3.05, 3.63) is 78.2 Å². The molecule has 0 bridgehead atoms. The van der Waals surface area contributed by atoms with Crippen LogP contribution < -0.4 is 9.47 Å². The molecule has 0 amide bonds. The largest absolute Gasteiger partial charge is 0.481 e. The summed E-state index contributed by atoms with van der Waals surface area (Å²) in [5.74, 6) is 2.75. The predicted molar refractivity (Wildman–Crippen MR) is 97.1 cm³/mol. The van der Waals surface area contributed by atoms with Crippen LogP contribution in [0.1, 0.15) is 11.3 Å². The lowest BCUT2D eigenvalue weighted by Crippen LogP contribution is -2.02. The Morgan fingerprint density at radius 1 is 0.920 bits per heavy atom. The van der Waals surface area contributed by atoms with Crippen molar-refractivity contribution in [1.29, 1.82) is 0 Å². The molecular weight excluding hydrogens is 336 g/mol. The van der Waals surface area contributed by atoms with Crippen LogP contribution in [0.3, 0.4) is 0 Å². The lowest BCUT2D eigenvalue weighted by molar-refractivity contribution is 0.396. The minimum absolute atomic E-state index is 0.350. The van der Waals surface area contributed by atoms with Crippen molar-refractivity contribution in [2.45, 2.75) is 11.5 Å². The van der Waals surface area contributed by atoms with Crippen molar-refractivity contribution in [3.8, 4) is 17.4 Å². The van der Waals surface area contributed by atoms with Gasteiger partial charge in [0, 0.05) is 22.6 Å². The molecule has 3 rings (SSSR count). The van der Waals surface area contributed by atoms with Gasteiger partial charge in [-0.2, -0.15) is 0 Å². The summed E-state index contributed by atoms with van der Waals surface area (Å²) in [4.78, 5) is 8.09. The van der Waals surface area contributed by atoms with Gasteiger partial charge in [-0.3, -0.25) is 4.21 Å². The van der Waals surface area contributed by atoms with Crippen molar-refractivity contribution in [1.82, 2.24) is 9.97 Å². The van der Waals surface area contributed by atoms with E-state index in [1.165, 1.54) is 6.33 Å². The molecule has 1 atom stereocenters. The van der Waals surface area contributed by atoms with Gasteiger partial charge < -0.3 is 9.47 Å². The minimum Gasteiger partial charge on any atom is -0.481 e. The molecule has 1 unspecified atom stereocenters. The van der Waals surface area contributed by atoms with Crippen LogP contribution in [0.25, 0.3) is 0 Å². The van der Waals surface area contributed by atoms with Gasteiger partial charge in [0.05, 0.1) is 18.6 Å². The molecule has 0 saturated carbocycles. The summed E-state index contributed by atoms with van der Waals surface area (Å²) < 4.78 is 23.3. The number of hydrogen-bond donors (Lipinski definition) is 0. The van der Waals surface area contributed by atoms with Gasteiger partial charge in [-0.05, 0) is 29.8 Å². The van der Waals surface area contributed by atoms with E-state index in [0.717, 1.165) is 17.1 Å². The Morgan fingerprint density at radius 3 is 2.52 bits per heavy atom. The standard InChI is InChI=1S/C19H18N2O3S/c1-23-19-11-16(20-14-21-19)13-25(22)12-15-6-5-9-18(10-15)24-17-7-3-2-4-8-17/h2-11,14H,12-13H2,1H3. The van der Waals surface area contributed by atoms with Crippen LogP contribution in [0.5, 0.6) is 17.4 Å². The summed E-state index contributed by atoms with van der Waals surface area (Å²) in [5.41, 5.74) is 1.65. The van der Waals surface area contributed by atoms with Gasteiger partial charge in [0.2, 0.25) is 5.88 Å². The molecule has 0 aliphatic rings. The second-order valence-electron chi connectivity index (χ2n) is 5.34. The van der Waals surface area contributed by atoms with E-state index in [2.05, 4.69) is 9.97 Å². The smallest absolute Gasteiger partial charge is 0.216 e. The second kappa shape index (κ2) is 8.39. The number of rotatable bonds is 7. The third-order valence-corrected chi connectivity index (χ3v) is 4.69. The Morgan fingerprint density at radius 2 is 1.72 bits per heavy atom. The van der Waals surface area contributed by atoms with Gasteiger partial charge >= 0.3 is 0 Å². The fraction of sp³-hybridized carbons (Fsp3) is 0.158. The third kappa shape index (κ3) is 5.12. The van der Waals surface area contributed by atoms with Crippen LogP contribution in [-0.2, 0) is 22.3 Å². The van der Waals surface area contributed by atoms with Crippen LogP contribution in [0, 0.1) is 0 Å². The van der Waals surface area contributed by atoms with Gasteiger partial charge in [0.15, 0.2) is 0 Å². The van der Waals surface area contributed by atoms with Crippen LogP contribution in [0.15, 0.2) is 67.0 Å². The zero-order valence-corrected chi connectivity index (χ0v) is 14.6. The molecule has 0 aliphatic heterocycles. The Bertz CT molecular complexity index is 856. The number of nitrogens with zero attached hydrogens (tertiary/aromatic N) is 2. The monoisotopic (exact) mass is 354 g/mol. The summed E-state index contributed by atoms with van der Waals surface area (Å²) in [5, 5.41) is 0. The molecule has 0 spiro atoms. The number of para-hydroxylation sites is 1. The quantitative estimate of drug-likeness (QED) is 0.647. The van der Waals surface area contributed by atoms with Crippen molar-refractivity contribution in [3.63, 3.8) is 0 Å². The molecule has 0 aliphatic carbocycles. The third-order valence-electron chi connectivity index (χ3n) is 3.42. The Labute approximate surface area is 149 Å². The molecule has 0 N–H and O–H groups in total. The second-order valence-corrected chi connectivity index (χ2v) is 6.80. The SMILES string of the molecule is COc1cc(CS(=O)Cc2cccc(Oc3ccccc3)c2)ncn1.